The molecule has 3 aromatic rings. The van der Waals surface area contributed by atoms with Gasteiger partial charge in [0.1, 0.15) is 11.7 Å². The fourth-order valence-corrected chi connectivity index (χ4v) is 4.67. The zero-order valence-corrected chi connectivity index (χ0v) is 22.0. The highest BCUT2D eigenvalue weighted by molar-refractivity contribution is 6.40. The number of hydrogen-bond acceptors (Lipinski definition) is 8. The summed E-state index contributed by atoms with van der Waals surface area (Å²) >= 11 is 12.4. The molecular formula is C25H29Cl2N7O3. The molecule has 0 unspecified atom stereocenters. The van der Waals surface area contributed by atoms with Crippen LogP contribution in [0, 0.1) is 0 Å². The summed E-state index contributed by atoms with van der Waals surface area (Å²) in [5.41, 5.74) is 1.29. The molecule has 0 bridgehead atoms. The number of methoxy groups -OCH3 is 1. The molecule has 2 fully saturated rings. The molecule has 0 radical (unpaired) electrons. The van der Waals surface area contributed by atoms with E-state index in [0.29, 0.717) is 27.7 Å². The lowest BCUT2D eigenvalue weighted by molar-refractivity contribution is 0.102. The highest BCUT2D eigenvalue weighted by Crippen LogP contribution is 2.33. The number of nitrogens with one attached hydrogen (secondary N) is 2. The SMILES string of the molecule is COCCN1CCC(n2cc(Nc3ncc(C(=O)Nc4c(Cl)cccc4Cl)c(OC4CC4)n3)cn2)CC1. The van der Waals surface area contributed by atoms with Gasteiger partial charge in [-0.1, -0.05) is 29.3 Å². The molecule has 12 heteroatoms. The van der Waals surface area contributed by atoms with Gasteiger partial charge >= 0.3 is 0 Å². The second-order valence-corrected chi connectivity index (χ2v) is 9.99. The Kier molecular flexibility index (Phi) is 8.09. The van der Waals surface area contributed by atoms with Crippen LogP contribution in [-0.2, 0) is 4.74 Å². The summed E-state index contributed by atoms with van der Waals surface area (Å²) in [5.74, 6) is 0.0651. The Bertz CT molecular complexity index is 1220. The summed E-state index contributed by atoms with van der Waals surface area (Å²) in [4.78, 5) is 24.3. The van der Waals surface area contributed by atoms with Crippen LogP contribution < -0.4 is 15.4 Å². The molecule has 2 aromatic heterocycles. The van der Waals surface area contributed by atoms with Crippen molar-refractivity contribution in [2.75, 3.05) is 44.0 Å². The van der Waals surface area contributed by atoms with Crippen molar-refractivity contribution in [3.63, 3.8) is 0 Å². The maximum Gasteiger partial charge on any atom is 0.262 e. The summed E-state index contributed by atoms with van der Waals surface area (Å²) in [7, 11) is 1.73. The number of ether oxygens (including phenoxy) is 2. The number of para-hydroxylation sites is 1. The van der Waals surface area contributed by atoms with Crippen LogP contribution in [0.15, 0.2) is 36.8 Å². The van der Waals surface area contributed by atoms with Gasteiger partial charge in [0.25, 0.3) is 5.91 Å². The highest BCUT2D eigenvalue weighted by atomic mass is 35.5. The van der Waals surface area contributed by atoms with E-state index in [1.807, 2.05) is 10.9 Å². The zero-order chi connectivity index (χ0) is 25.8. The Morgan fingerprint density at radius 2 is 1.89 bits per heavy atom. The third-order valence-electron chi connectivity index (χ3n) is 6.40. The number of nitrogens with zero attached hydrogens (tertiary/aromatic N) is 5. The monoisotopic (exact) mass is 545 g/mol. The van der Waals surface area contributed by atoms with Crippen molar-refractivity contribution in [1.82, 2.24) is 24.6 Å². The van der Waals surface area contributed by atoms with Gasteiger partial charge in [0.05, 0.1) is 40.3 Å². The van der Waals surface area contributed by atoms with Crippen molar-refractivity contribution in [3.05, 3.63) is 52.4 Å². The molecule has 1 aromatic carbocycles. The Balaban J connectivity index is 1.27. The molecule has 1 saturated heterocycles. The molecule has 3 heterocycles. The first kappa shape index (κ1) is 25.7. The normalized spacial score (nSPS) is 16.5. The van der Waals surface area contributed by atoms with Crippen LogP contribution in [0.2, 0.25) is 10.0 Å². The lowest BCUT2D eigenvalue weighted by Crippen LogP contribution is -2.36. The molecule has 2 N–H and O–H groups in total. The van der Waals surface area contributed by atoms with E-state index in [9.17, 15) is 4.79 Å². The summed E-state index contributed by atoms with van der Waals surface area (Å²) in [6.45, 7) is 3.74. The number of benzene rings is 1. The number of amides is 1. The number of rotatable bonds is 10. The number of aromatic nitrogens is 4. The second kappa shape index (κ2) is 11.6. The molecule has 1 aliphatic carbocycles. The topological polar surface area (TPSA) is 106 Å². The molecule has 10 nitrogen and oxygen atoms in total. The number of hydrogen-bond donors (Lipinski definition) is 2. The summed E-state index contributed by atoms with van der Waals surface area (Å²) in [6.07, 6.45) is 9.08. The van der Waals surface area contributed by atoms with E-state index in [2.05, 4.69) is 30.6 Å². The fraction of sp³-hybridized carbons (Fsp3) is 0.440. The van der Waals surface area contributed by atoms with Crippen LogP contribution in [0.4, 0.5) is 17.3 Å². The zero-order valence-electron chi connectivity index (χ0n) is 20.5. The van der Waals surface area contributed by atoms with Crippen LogP contribution in [0.1, 0.15) is 42.1 Å². The molecule has 2 aliphatic rings. The highest BCUT2D eigenvalue weighted by Gasteiger charge is 2.28. The summed E-state index contributed by atoms with van der Waals surface area (Å²) < 4.78 is 13.1. The molecule has 0 atom stereocenters. The smallest absolute Gasteiger partial charge is 0.262 e. The molecule has 0 spiro atoms. The quantitative estimate of drug-likeness (QED) is 0.374. The van der Waals surface area contributed by atoms with Gasteiger partial charge in [-0.2, -0.15) is 10.1 Å². The maximum absolute atomic E-state index is 13.0. The maximum atomic E-state index is 13.0. The first-order valence-electron chi connectivity index (χ1n) is 12.3. The third kappa shape index (κ3) is 6.51. The van der Waals surface area contributed by atoms with Gasteiger partial charge in [-0.05, 0) is 37.8 Å². The summed E-state index contributed by atoms with van der Waals surface area (Å²) in [5, 5.41) is 11.1. The minimum atomic E-state index is -0.457. The molecule has 5 rings (SSSR count). The van der Waals surface area contributed by atoms with E-state index in [1.54, 1.807) is 31.5 Å². The summed E-state index contributed by atoms with van der Waals surface area (Å²) in [6, 6.07) is 5.35. The third-order valence-corrected chi connectivity index (χ3v) is 7.03. The van der Waals surface area contributed by atoms with Crippen molar-refractivity contribution >= 4 is 46.4 Å². The standard InChI is InChI=1S/C25H29Cl2N7O3/c1-36-12-11-33-9-7-17(8-10-33)34-15-16(13-29-34)30-25-28-14-19(24(32-25)37-18-5-6-18)23(35)31-22-20(26)3-2-4-21(22)27/h2-4,13-15,17-18H,5-12H2,1H3,(H,31,35)(H,28,30,32). The van der Waals surface area contributed by atoms with Crippen LogP contribution in [0.5, 0.6) is 5.88 Å². The van der Waals surface area contributed by atoms with Gasteiger partial charge in [0.2, 0.25) is 11.8 Å². The Morgan fingerprint density at radius 3 is 2.59 bits per heavy atom. The average Bonchev–Trinajstić information content (AvgIpc) is 3.59. The largest absolute Gasteiger partial charge is 0.474 e. The van der Waals surface area contributed by atoms with Gasteiger partial charge in [-0.25, -0.2) is 4.98 Å². The van der Waals surface area contributed by atoms with Gasteiger partial charge in [0.15, 0.2) is 0 Å². The van der Waals surface area contributed by atoms with E-state index < -0.39 is 5.91 Å². The first-order valence-corrected chi connectivity index (χ1v) is 13.1. The molecule has 1 saturated carbocycles. The van der Waals surface area contributed by atoms with E-state index in [0.717, 1.165) is 57.6 Å². The molecule has 196 valence electrons. The minimum absolute atomic E-state index is 0.0377. The Hall–Kier alpha value is -2.92. The molecule has 1 amide bonds. The van der Waals surface area contributed by atoms with E-state index >= 15 is 0 Å². The van der Waals surface area contributed by atoms with E-state index in [1.165, 1.54) is 6.20 Å². The number of carbonyl (C=O) groups excluding carboxylic acids is 1. The van der Waals surface area contributed by atoms with Crippen molar-refractivity contribution < 1.29 is 14.3 Å². The molecule has 37 heavy (non-hydrogen) atoms. The number of piperidine rings is 1. The van der Waals surface area contributed by atoms with Crippen molar-refractivity contribution in [3.8, 4) is 5.88 Å². The van der Waals surface area contributed by atoms with Crippen molar-refractivity contribution in [2.45, 2.75) is 37.8 Å². The van der Waals surface area contributed by atoms with Gasteiger partial charge in [-0.15, -0.1) is 0 Å². The fourth-order valence-electron chi connectivity index (χ4n) is 4.17. The van der Waals surface area contributed by atoms with Crippen molar-refractivity contribution in [2.24, 2.45) is 0 Å². The van der Waals surface area contributed by atoms with Crippen LogP contribution in [0.3, 0.4) is 0 Å². The minimum Gasteiger partial charge on any atom is -0.474 e. The lowest BCUT2D eigenvalue weighted by Gasteiger charge is -2.31. The van der Waals surface area contributed by atoms with Gasteiger partial charge in [0, 0.05) is 39.1 Å². The van der Waals surface area contributed by atoms with Crippen molar-refractivity contribution in [1.29, 1.82) is 0 Å². The lowest BCUT2D eigenvalue weighted by atomic mass is 10.1. The van der Waals surface area contributed by atoms with Crippen LogP contribution >= 0.6 is 23.2 Å². The Labute approximate surface area is 225 Å². The van der Waals surface area contributed by atoms with Gasteiger partial charge < -0.3 is 25.0 Å². The van der Waals surface area contributed by atoms with Crippen LogP contribution in [0.25, 0.3) is 0 Å². The number of likely N-dealkylation sites (tertiary alicyclic amines) is 1. The predicted octanol–water partition coefficient (Wildman–Crippen LogP) is 4.80. The second-order valence-electron chi connectivity index (χ2n) is 9.18. The average molecular weight is 546 g/mol. The number of anilines is 3. The Morgan fingerprint density at radius 1 is 1.14 bits per heavy atom. The number of halogens is 2. The first-order chi connectivity index (χ1) is 18.0. The van der Waals surface area contributed by atoms with E-state index in [4.69, 9.17) is 32.7 Å². The molecular weight excluding hydrogens is 517 g/mol. The van der Waals surface area contributed by atoms with Crippen LogP contribution in [-0.4, -0.2) is 70.0 Å². The predicted molar refractivity (Wildman–Crippen MR) is 142 cm³/mol. The van der Waals surface area contributed by atoms with Gasteiger partial charge in [-0.3, -0.25) is 9.48 Å². The van der Waals surface area contributed by atoms with E-state index in [-0.39, 0.29) is 17.5 Å². The molecule has 1 aliphatic heterocycles. The number of carbonyl (C=O) groups is 1.